The predicted octanol–water partition coefficient (Wildman–Crippen LogP) is 5.02. The molecule has 1 N–H and O–H groups in total. The first-order chi connectivity index (χ1) is 12.9. The molecule has 1 atom stereocenters. The topological polar surface area (TPSA) is 75.5 Å². The molecule has 1 aliphatic heterocycles. The number of hydrogen-bond donors (Lipinski definition) is 1. The summed E-state index contributed by atoms with van der Waals surface area (Å²) in [5.74, 6) is -0.912. The first kappa shape index (κ1) is 19.1. The zero-order chi connectivity index (χ0) is 19.6. The summed E-state index contributed by atoms with van der Waals surface area (Å²) >= 11 is 6.18. The monoisotopic (exact) mass is 391 g/mol. The molecule has 1 amide bonds. The Balaban J connectivity index is 1.95. The van der Waals surface area contributed by atoms with E-state index in [-0.39, 0.29) is 28.0 Å². The average Bonchev–Trinajstić information content (AvgIpc) is 2.64. The van der Waals surface area contributed by atoms with Crippen molar-refractivity contribution < 1.29 is 14.1 Å². The van der Waals surface area contributed by atoms with Gasteiger partial charge in [-0.3, -0.25) is 14.9 Å². The molecule has 0 saturated carbocycles. The normalized spacial score (nSPS) is 16.9. The van der Waals surface area contributed by atoms with Crippen molar-refractivity contribution in [1.29, 1.82) is 0 Å². The second-order valence-electron chi connectivity index (χ2n) is 6.58. The molecule has 0 spiro atoms. The number of nitro benzene ring substituents is 1. The van der Waals surface area contributed by atoms with Crippen LogP contribution in [-0.4, -0.2) is 23.4 Å². The van der Waals surface area contributed by atoms with Crippen LogP contribution in [0.5, 0.6) is 0 Å². The molecule has 0 aromatic heterocycles. The molecule has 1 heterocycles. The Kier molecular flexibility index (Phi) is 5.60. The van der Waals surface area contributed by atoms with Gasteiger partial charge >= 0.3 is 0 Å². The molecule has 27 heavy (non-hydrogen) atoms. The van der Waals surface area contributed by atoms with Gasteiger partial charge in [0.2, 0.25) is 0 Å². The highest BCUT2D eigenvalue weighted by atomic mass is 35.5. The highest BCUT2D eigenvalue weighted by Gasteiger charge is 2.27. The summed E-state index contributed by atoms with van der Waals surface area (Å²) in [6.07, 6.45) is 2.96. The smallest absolute Gasteiger partial charge is 0.294 e. The number of piperidine rings is 1. The SMILES string of the molecule is C[C@@H]1CCCCN1c1cc(NC(=O)c2ccc(F)cc2)c(Cl)cc1[N+](=O)[O-]. The molecule has 0 radical (unpaired) electrons. The first-order valence-electron chi connectivity index (χ1n) is 8.68. The van der Waals surface area contributed by atoms with Crippen molar-refractivity contribution in [2.24, 2.45) is 0 Å². The van der Waals surface area contributed by atoms with Crippen LogP contribution in [0, 0.1) is 15.9 Å². The summed E-state index contributed by atoms with van der Waals surface area (Å²) in [5, 5.41) is 14.2. The van der Waals surface area contributed by atoms with Crippen LogP contribution in [0.4, 0.5) is 21.5 Å². The number of halogens is 2. The van der Waals surface area contributed by atoms with Gasteiger partial charge in [0, 0.05) is 24.2 Å². The molecule has 0 unspecified atom stereocenters. The standard InChI is InChI=1S/C19H19ClFN3O3/c1-12-4-2-3-9-23(12)17-11-16(15(20)10-18(17)24(26)27)22-19(25)13-5-7-14(21)8-6-13/h5-8,10-12H,2-4,9H2,1H3,(H,22,25)/t12-/m1/s1. The molecule has 1 fully saturated rings. The van der Waals surface area contributed by atoms with Crippen LogP contribution in [0.25, 0.3) is 0 Å². The van der Waals surface area contributed by atoms with Crippen LogP contribution in [-0.2, 0) is 0 Å². The van der Waals surface area contributed by atoms with Gasteiger partial charge < -0.3 is 10.2 Å². The van der Waals surface area contributed by atoms with E-state index < -0.39 is 16.6 Å². The van der Waals surface area contributed by atoms with Gasteiger partial charge in [-0.1, -0.05) is 11.6 Å². The molecule has 2 aromatic carbocycles. The van der Waals surface area contributed by atoms with Crippen LogP contribution in [0.15, 0.2) is 36.4 Å². The van der Waals surface area contributed by atoms with Gasteiger partial charge in [-0.2, -0.15) is 0 Å². The van der Waals surface area contributed by atoms with E-state index >= 15 is 0 Å². The molecule has 1 saturated heterocycles. The molecule has 3 rings (SSSR count). The minimum atomic E-state index is -0.469. The third-order valence-electron chi connectivity index (χ3n) is 4.73. The van der Waals surface area contributed by atoms with Crippen molar-refractivity contribution in [3.05, 3.63) is 62.9 Å². The highest BCUT2D eigenvalue weighted by molar-refractivity contribution is 6.34. The zero-order valence-electron chi connectivity index (χ0n) is 14.7. The number of nitrogens with one attached hydrogen (secondary N) is 1. The van der Waals surface area contributed by atoms with Crippen LogP contribution in [0.2, 0.25) is 5.02 Å². The minimum absolute atomic E-state index is 0.0746. The fourth-order valence-electron chi connectivity index (χ4n) is 3.28. The Morgan fingerprint density at radius 3 is 2.63 bits per heavy atom. The van der Waals surface area contributed by atoms with Crippen LogP contribution in [0.1, 0.15) is 36.5 Å². The first-order valence-corrected chi connectivity index (χ1v) is 9.06. The lowest BCUT2D eigenvalue weighted by Gasteiger charge is -2.35. The van der Waals surface area contributed by atoms with E-state index in [1.807, 2.05) is 11.8 Å². The van der Waals surface area contributed by atoms with Gasteiger partial charge in [0.1, 0.15) is 11.5 Å². The lowest BCUT2D eigenvalue weighted by Crippen LogP contribution is -2.37. The number of benzene rings is 2. The Morgan fingerprint density at radius 1 is 1.30 bits per heavy atom. The van der Waals surface area contributed by atoms with E-state index in [4.69, 9.17) is 11.6 Å². The lowest BCUT2D eigenvalue weighted by molar-refractivity contribution is -0.384. The van der Waals surface area contributed by atoms with E-state index in [1.165, 1.54) is 30.3 Å². The number of rotatable bonds is 4. The Labute approximate surface area is 161 Å². The second kappa shape index (κ2) is 7.92. The molecule has 6 nitrogen and oxygen atoms in total. The molecule has 142 valence electrons. The third-order valence-corrected chi connectivity index (χ3v) is 5.04. The van der Waals surface area contributed by atoms with Crippen LogP contribution < -0.4 is 10.2 Å². The van der Waals surface area contributed by atoms with E-state index in [2.05, 4.69) is 5.32 Å². The number of amides is 1. The fraction of sp³-hybridized carbons (Fsp3) is 0.316. The molecule has 0 bridgehead atoms. The van der Waals surface area contributed by atoms with Crippen molar-refractivity contribution in [2.75, 3.05) is 16.8 Å². The zero-order valence-corrected chi connectivity index (χ0v) is 15.5. The molecule has 1 aliphatic rings. The van der Waals surface area contributed by atoms with Gasteiger partial charge in [-0.05, 0) is 56.5 Å². The number of carbonyl (C=O) groups excluding carboxylic acids is 1. The largest absolute Gasteiger partial charge is 0.363 e. The van der Waals surface area contributed by atoms with Crippen molar-refractivity contribution in [1.82, 2.24) is 0 Å². The summed E-state index contributed by atoms with van der Waals surface area (Å²) in [5.41, 5.74) is 0.891. The van der Waals surface area contributed by atoms with E-state index in [0.717, 1.165) is 19.3 Å². The highest BCUT2D eigenvalue weighted by Crippen LogP contribution is 2.39. The Bertz CT molecular complexity index is 873. The molecular formula is C19H19ClFN3O3. The fourth-order valence-corrected chi connectivity index (χ4v) is 3.48. The van der Waals surface area contributed by atoms with Crippen LogP contribution in [0.3, 0.4) is 0 Å². The van der Waals surface area contributed by atoms with E-state index in [9.17, 15) is 19.3 Å². The number of carbonyl (C=O) groups is 1. The molecular weight excluding hydrogens is 373 g/mol. The molecule has 8 heteroatoms. The maximum Gasteiger partial charge on any atom is 0.294 e. The maximum absolute atomic E-state index is 13.0. The quantitative estimate of drug-likeness (QED) is 0.586. The van der Waals surface area contributed by atoms with Crippen LogP contribution >= 0.6 is 11.6 Å². The molecule has 0 aliphatic carbocycles. The number of hydrogen-bond acceptors (Lipinski definition) is 4. The van der Waals surface area contributed by atoms with E-state index in [0.29, 0.717) is 12.2 Å². The van der Waals surface area contributed by atoms with Crippen molar-refractivity contribution in [3.63, 3.8) is 0 Å². The molecule has 2 aromatic rings. The summed E-state index contributed by atoms with van der Waals surface area (Å²) in [4.78, 5) is 25.4. The van der Waals surface area contributed by atoms with E-state index in [1.54, 1.807) is 6.07 Å². The van der Waals surface area contributed by atoms with Crippen molar-refractivity contribution in [2.45, 2.75) is 32.2 Å². The van der Waals surface area contributed by atoms with Gasteiger partial charge in [0.15, 0.2) is 0 Å². The third kappa shape index (κ3) is 4.19. The van der Waals surface area contributed by atoms with Gasteiger partial charge in [-0.25, -0.2) is 4.39 Å². The number of anilines is 2. The summed E-state index contributed by atoms with van der Waals surface area (Å²) in [6.45, 7) is 2.73. The number of nitrogens with zero attached hydrogens (tertiary/aromatic N) is 2. The predicted molar refractivity (Wildman–Crippen MR) is 103 cm³/mol. The Hall–Kier alpha value is -2.67. The second-order valence-corrected chi connectivity index (χ2v) is 6.98. The summed E-state index contributed by atoms with van der Waals surface area (Å²) < 4.78 is 13.0. The summed E-state index contributed by atoms with van der Waals surface area (Å²) in [7, 11) is 0. The van der Waals surface area contributed by atoms with Crippen molar-refractivity contribution in [3.8, 4) is 0 Å². The van der Waals surface area contributed by atoms with Crippen molar-refractivity contribution >= 4 is 34.6 Å². The van der Waals surface area contributed by atoms with Gasteiger partial charge in [-0.15, -0.1) is 0 Å². The Morgan fingerprint density at radius 2 is 2.00 bits per heavy atom. The van der Waals surface area contributed by atoms with Gasteiger partial charge in [0.05, 0.1) is 15.6 Å². The summed E-state index contributed by atoms with van der Waals surface area (Å²) in [6, 6.07) is 8.05. The lowest BCUT2D eigenvalue weighted by atomic mass is 10.0. The average molecular weight is 392 g/mol. The minimum Gasteiger partial charge on any atom is -0.363 e. The number of nitro groups is 1. The van der Waals surface area contributed by atoms with Gasteiger partial charge in [0.25, 0.3) is 11.6 Å². The maximum atomic E-state index is 13.0.